The molecule has 6 heteroatoms. The van der Waals surface area contributed by atoms with E-state index in [4.69, 9.17) is 10.2 Å². The Morgan fingerprint density at radius 2 is 2.05 bits per heavy atom. The molecule has 1 aliphatic carbocycles. The van der Waals surface area contributed by atoms with E-state index in [9.17, 15) is 9.59 Å². The number of carbonyl (C=O) groups is 2. The number of carboxylic acids is 1. The Labute approximate surface area is 125 Å². The molecule has 6 nitrogen and oxygen atoms in total. The summed E-state index contributed by atoms with van der Waals surface area (Å²) in [7, 11) is 0. The van der Waals surface area contributed by atoms with Crippen LogP contribution in [0.25, 0.3) is 0 Å². The minimum absolute atomic E-state index is 0.00503. The van der Waals surface area contributed by atoms with Crippen LogP contribution in [0.3, 0.4) is 0 Å². The normalized spacial score (nSPS) is 23.7. The van der Waals surface area contributed by atoms with Crippen LogP contribution >= 0.6 is 0 Å². The zero-order chi connectivity index (χ0) is 15.4. The van der Waals surface area contributed by atoms with E-state index in [1.165, 1.54) is 0 Å². The van der Waals surface area contributed by atoms with Gasteiger partial charge >= 0.3 is 12.0 Å². The number of aliphatic hydroxyl groups is 1. The maximum Gasteiger partial charge on any atom is 0.320 e. The molecule has 2 N–H and O–H groups in total. The van der Waals surface area contributed by atoms with E-state index in [0.717, 1.165) is 32.2 Å². The summed E-state index contributed by atoms with van der Waals surface area (Å²) >= 11 is 0. The van der Waals surface area contributed by atoms with Gasteiger partial charge in [-0.1, -0.05) is 6.92 Å². The van der Waals surface area contributed by atoms with Crippen LogP contribution in [0.5, 0.6) is 0 Å². The third kappa shape index (κ3) is 4.33. The molecule has 2 unspecified atom stereocenters. The molecule has 21 heavy (non-hydrogen) atoms. The highest BCUT2D eigenvalue weighted by Gasteiger charge is 2.36. The van der Waals surface area contributed by atoms with E-state index >= 15 is 0 Å². The van der Waals surface area contributed by atoms with Crippen LogP contribution in [0.4, 0.5) is 4.79 Å². The molecule has 120 valence electrons. The van der Waals surface area contributed by atoms with Gasteiger partial charge in [-0.25, -0.2) is 4.79 Å². The summed E-state index contributed by atoms with van der Waals surface area (Å²) in [4.78, 5) is 27.1. The van der Waals surface area contributed by atoms with Crippen LogP contribution in [0.2, 0.25) is 0 Å². The fourth-order valence-electron chi connectivity index (χ4n) is 3.20. The average Bonchev–Trinajstić information content (AvgIpc) is 3.28. The van der Waals surface area contributed by atoms with E-state index in [2.05, 4.69) is 0 Å². The van der Waals surface area contributed by atoms with E-state index < -0.39 is 5.97 Å². The third-order valence-electron chi connectivity index (χ3n) is 4.60. The first-order valence-corrected chi connectivity index (χ1v) is 7.91. The molecule has 0 aromatic carbocycles. The molecule has 0 aromatic heterocycles. The molecule has 1 heterocycles. The fourth-order valence-corrected chi connectivity index (χ4v) is 3.20. The number of carboxylic acid groups (broad SMARTS) is 1. The quantitative estimate of drug-likeness (QED) is 0.776. The number of nitrogens with zero attached hydrogens (tertiary/aromatic N) is 2. The molecular weight excluding hydrogens is 272 g/mol. The molecular formula is C15H26N2O4. The topological polar surface area (TPSA) is 81.1 Å². The largest absolute Gasteiger partial charge is 0.481 e. The fraction of sp³-hybridized carbons (Fsp3) is 0.867. The summed E-state index contributed by atoms with van der Waals surface area (Å²) in [5, 5.41) is 18.0. The molecule has 2 fully saturated rings. The highest BCUT2D eigenvalue weighted by atomic mass is 16.4. The molecule has 1 saturated carbocycles. The molecule has 0 aromatic rings. The standard InChI is InChI=1S/C15H26N2O4/c1-11(9-14(19)20)12-3-2-6-16(10-12)15(21)17(7-8-18)13-4-5-13/h11-13,18H,2-10H2,1H3,(H,19,20). The second-order valence-electron chi connectivity index (χ2n) is 6.35. The lowest BCUT2D eigenvalue weighted by molar-refractivity contribution is -0.138. The summed E-state index contributed by atoms with van der Waals surface area (Å²) in [6.45, 7) is 3.73. The maximum absolute atomic E-state index is 12.6. The van der Waals surface area contributed by atoms with Gasteiger partial charge in [0.25, 0.3) is 0 Å². The molecule has 2 aliphatic rings. The van der Waals surface area contributed by atoms with Crippen molar-refractivity contribution in [3.63, 3.8) is 0 Å². The summed E-state index contributed by atoms with van der Waals surface area (Å²) in [6.07, 6.45) is 4.13. The van der Waals surface area contributed by atoms with Crippen molar-refractivity contribution in [1.29, 1.82) is 0 Å². The van der Waals surface area contributed by atoms with Crippen LogP contribution in [0, 0.1) is 11.8 Å². The monoisotopic (exact) mass is 298 g/mol. The van der Waals surface area contributed by atoms with E-state index in [-0.39, 0.29) is 30.9 Å². The van der Waals surface area contributed by atoms with Crippen molar-refractivity contribution >= 4 is 12.0 Å². The summed E-state index contributed by atoms with van der Waals surface area (Å²) in [5.74, 6) is -0.426. The first-order chi connectivity index (χ1) is 10.0. The van der Waals surface area contributed by atoms with Gasteiger partial charge in [0.05, 0.1) is 6.61 Å². The first kappa shape index (κ1) is 16.1. The van der Waals surface area contributed by atoms with E-state index in [0.29, 0.717) is 19.1 Å². The van der Waals surface area contributed by atoms with Crippen LogP contribution < -0.4 is 0 Å². The molecule has 0 radical (unpaired) electrons. The van der Waals surface area contributed by atoms with Gasteiger partial charge < -0.3 is 20.0 Å². The van der Waals surface area contributed by atoms with Gasteiger partial charge in [-0.3, -0.25) is 4.79 Å². The van der Waals surface area contributed by atoms with Crippen molar-refractivity contribution in [2.24, 2.45) is 11.8 Å². The van der Waals surface area contributed by atoms with Crippen molar-refractivity contribution in [3.05, 3.63) is 0 Å². The van der Waals surface area contributed by atoms with Crippen molar-refractivity contribution in [3.8, 4) is 0 Å². The van der Waals surface area contributed by atoms with Gasteiger partial charge in [-0.2, -0.15) is 0 Å². The maximum atomic E-state index is 12.6. The smallest absolute Gasteiger partial charge is 0.320 e. The Bertz CT molecular complexity index is 384. The lowest BCUT2D eigenvalue weighted by atomic mass is 9.85. The van der Waals surface area contributed by atoms with Crippen molar-refractivity contribution in [1.82, 2.24) is 9.80 Å². The van der Waals surface area contributed by atoms with Gasteiger partial charge in [-0.05, 0) is 37.5 Å². The molecule has 0 bridgehead atoms. The average molecular weight is 298 g/mol. The Hall–Kier alpha value is -1.30. The van der Waals surface area contributed by atoms with Crippen molar-refractivity contribution in [2.75, 3.05) is 26.2 Å². The predicted molar refractivity (Wildman–Crippen MR) is 77.9 cm³/mol. The Morgan fingerprint density at radius 1 is 1.33 bits per heavy atom. The number of hydrogen-bond donors (Lipinski definition) is 2. The van der Waals surface area contributed by atoms with Crippen LogP contribution in [0.1, 0.15) is 39.0 Å². The second kappa shape index (κ2) is 7.11. The summed E-state index contributed by atoms with van der Waals surface area (Å²) < 4.78 is 0. The highest BCUT2D eigenvalue weighted by molar-refractivity contribution is 5.75. The molecule has 1 saturated heterocycles. The SMILES string of the molecule is CC(CC(=O)O)C1CCCN(C(=O)N(CCO)C2CC2)C1. The number of piperidine rings is 1. The number of amides is 2. The zero-order valence-electron chi connectivity index (χ0n) is 12.7. The lowest BCUT2D eigenvalue weighted by Crippen LogP contribution is -2.50. The first-order valence-electron chi connectivity index (χ1n) is 7.91. The minimum Gasteiger partial charge on any atom is -0.481 e. The third-order valence-corrected chi connectivity index (χ3v) is 4.60. The Kier molecular flexibility index (Phi) is 5.45. The summed E-state index contributed by atoms with van der Waals surface area (Å²) in [5.41, 5.74) is 0. The highest BCUT2D eigenvalue weighted by Crippen LogP contribution is 2.30. The van der Waals surface area contributed by atoms with E-state index in [1.54, 1.807) is 4.90 Å². The molecule has 2 atom stereocenters. The molecule has 2 rings (SSSR count). The van der Waals surface area contributed by atoms with Gasteiger partial charge in [0, 0.05) is 32.1 Å². The minimum atomic E-state index is -0.772. The van der Waals surface area contributed by atoms with Crippen molar-refractivity contribution < 1.29 is 19.8 Å². The number of carbonyl (C=O) groups excluding carboxylic acids is 1. The van der Waals surface area contributed by atoms with Crippen molar-refractivity contribution in [2.45, 2.75) is 45.1 Å². The number of aliphatic carboxylic acids is 1. The number of rotatable bonds is 6. The van der Waals surface area contributed by atoms with Gasteiger partial charge in [-0.15, -0.1) is 0 Å². The van der Waals surface area contributed by atoms with Crippen LogP contribution in [0.15, 0.2) is 0 Å². The Balaban J connectivity index is 1.92. The van der Waals surface area contributed by atoms with Crippen LogP contribution in [-0.2, 0) is 4.79 Å². The lowest BCUT2D eigenvalue weighted by Gasteiger charge is -2.38. The number of hydrogen-bond acceptors (Lipinski definition) is 3. The summed E-state index contributed by atoms with van der Waals surface area (Å²) in [6, 6.07) is 0.306. The second-order valence-corrected chi connectivity index (χ2v) is 6.35. The molecule has 0 spiro atoms. The molecule has 2 amide bonds. The number of likely N-dealkylation sites (tertiary alicyclic amines) is 1. The van der Waals surface area contributed by atoms with Gasteiger partial charge in [0.15, 0.2) is 0 Å². The Morgan fingerprint density at radius 3 is 2.62 bits per heavy atom. The number of aliphatic hydroxyl groups excluding tert-OH is 1. The zero-order valence-corrected chi connectivity index (χ0v) is 12.7. The van der Waals surface area contributed by atoms with E-state index in [1.807, 2.05) is 11.8 Å². The predicted octanol–water partition coefficient (Wildman–Crippen LogP) is 1.39. The van der Waals surface area contributed by atoms with Gasteiger partial charge in [0.1, 0.15) is 0 Å². The molecule has 1 aliphatic heterocycles. The number of urea groups is 1. The van der Waals surface area contributed by atoms with Gasteiger partial charge in [0.2, 0.25) is 0 Å². The van der Waals surface area contributed by atoms with Crippen LogP contribution in [-0.4, -0.2) is 64.3 Å².